The first-order chi connectivity index (χ1) is 32.1. The van der Waals surface area contributed by atoms with Gasteiger partial charge in [0.15, 0.2) is 0 Å². The summed E-state index contributed by atoms with van der Waals surface area (Å²) < 4.78 is 104. The monoisotopic (exact) mass is 999 g/mol. The molecule has 3 fully saturated rings. The number of nitrogens with one attached hydrogen (secondary N) is 2. The standard InChI is InChI=1S/C49H57ClF3N5O6S3/c50-38-16-12-35(13-17-38)45-11-5-4-7-37(45)32-56-26-28-57(29-27-56)40-18-14-36(15-19-40)48(59)55-67(62,63)44-22-23-46(47(31-44)66(60,61)49(51,52)53)54-39(34-65-43-9-2-1-3-10-43)24-25-58(41-20-21-41)42-8-6-30-64-33-42/h1-3,9-10,12-19,22-23,31,39,41-42,54H,4-8,11,20-21,24-30,32-34H2,(H,55,59)/t39-,42?/m1/s1. The van der Waals surface area contributed by atoms with E-state index in [2.05, 4.69) is 32.1 Å². The van der Waals surface area contributed by atoms with Crippen LogP contribution in [-0.2, 0) is 24.6 Å². The van der Waals surface area contributed by atoms with Gasteiger partial charge in [-0.3, -0.25) is 14.6 Å². The van der Waals surface area contributed by atoms with Gasteiger partial charge in [0.2, 0.25) is 0 Å². The maximum absolute atomic E-state index is 14.3. The predicted molar refractivity (Wildman–Crippen MR) is 259 cm³/mol. The number of rotatable bonds is 18. The zero-order valence-corrected chi connectivity index (χ0v) is 40.4. The van der Waals surface area contributed by atoms with Crippen molar-refractivity contribution < 1.29 is 39.5 Å². The van der Waals surface area contributed by atoms with Crippen LogP contribution in [0.1, 0.15) is 73.7 Å². The molecule has 360 valence electrons. The van der Waals surface area contributed by atoms with E-state index in [1.807, 2.05) is 47.2 Å². The number of carbonyl (C=O) groups is 1. The molecule has 2 N–H and O–H groups in total. The van der Waals surface area contributed by atoms with Crippen molar-refractivity contribution in [3.05, 3.63) is 119 Å². The fraction of sp³-hybridized carbons (Fsp3) is 0.449. The van der Waals surface area contributed by atoms with Crippen molar-refractivity contribution >= 4 is 66.1 Å². The summed E-state index contributed by atoms with van der Waals surface area (Å²) in [6.07, 6.45) is 8.93. The second kappa shape index (κ2) is 21.7. The molecule has 0 spiro atoms. The second-order valence-corrected chi connectivity index (χ2v) is 22.9. The number of anilines is 2. The minimum absolute atomic E-state index is 0.00476. The Hall–Kier alpha value is -4.10. The van der Waals surface area contributed by atoms with Crippen LogP contribution < -0.4 is 14.9 Å². The molecule has 4 aliphatic rings. The number of sulfone groups is 1. The van der Waals surface area contributed by atoms with Crippen LogP contribution in [-0.4, -0.2) is 114 Å². The first kappa shape index (κ1) is 49.3. The number of hydrogen-bond donors (Lipinski definition) is 2. The number of halogens is 4. The van der Waals surface area contributed by atoms with Gasteiger partial charge in [0.25, 0.3) is 25.8 Å². The lowest BCUT2D eigenvalue weighted by Crippen LogP contribution is -2.47. The molecule has 2 heterocycles. The van der Waals surface area contributed by atoms with Crippen LogP contribution in [0, 0.1) is 0 Å². The number of nitrogens with zero attached hydrogens (tertiary/aromatic N) is 3. The molecule has 2 aliphatic heterocycles. The minimum atomic E-state index is -6.06. The highest BCUT2D eigenvalue weighted by molar-refractivity contribution is 7.99. The quantitative estimate of drug-likeness (QED) is 0.0926. The van der Waals surface area contributed by atoms with Crippen LogP contribution in [0.4, 0.5) is 24.5 Å². The van der Waals surface area contributed by atoms with Crippen LogP contribution in [0.15, 0.2) is 117 Å². The maximum atomic E-state index is 14.3. The van der Waals surface area contributed by atoms with Crippen molar-refractivity contribution in [3.8, 4) is 0 Å². The molecule has 0 bridgehead atoms. The molecule has 1 amide bonds. The van der Waals surface area contributed by atoms with E-state index < -0.39 is 47.1 Å². The third-order valence-corrected chi connectivity index (χ3v) is 17.3. The van der Waals surface area contributed by atoms with E-state index in [1.54, 1.807) is 12.1 Å². The Morgan fingerprint density at radius 1 is 0.851 bits per heavy atom. The molecule has 8 rings (SSSR count). The lowest BCUT2D eigenvalue weighted by atomic mass is 9.87. The zero-order valence-electron chi connectivity index (χ0n) is 37.2. The number of piperazine rings is 1. The van der Waals surface area contributed by atoms with Crippen molar-refractivity contribution in [2.24, 2.45) is 0 Å². The van der Waals surface area contributed by atoms with Gasteiger partial charge in [-0.25, -0.2) is 21.6 Å². The number of allylic oxidation sites excluding steroid dienone is 1. The Balaban J connectivity index is 0.939. The van der Waals surface area contributed by atoms with E-state index in [0.717, 1.165) is 99.0 Å². The van der Waals surface area contributed by atoms with Gasteiger partial charge >= 0.3 is 5.51 Å². The number of benzene rings is 4. The fourth-order valence-electron chi connectivity index (χ4n) is 9.27. The highest BCUT2D eigenvalue weighted by Crippen LogP contribution is 2.38. The van der Waals surface area contributed by atoms with E-state index >= 15 is 0 Å². The number of ether oxygens (including phenoxy) is 1. The summed E-state index contributed by atoms with van der Waals surface area (Å²) in [6.45, 7) is 5.98. The fourth-order valence-corrected chi connectivity index (χ4v) is 12.4. The molecule has 67 heavy (non-hydrogen) atoms. The highest BCUT2D eigenvalue weighted by atomic mass is 35.5. The number of alkyl halides is 3. The SMILES string of the molecule is O=C(NS(=O)(=O)c1ccc(N[C@H](CCN(C2CC2)C2CCCOC2)CSc2ccccc2)c(S(=O)(=O)C(F)(F)F)c1)c1ccc(N2CCN(CC3=C(c4ccc(Cl)cc4)CCCC3)CC2)cc1. The molecule has 0 aromatic heterocycles. The summed E-state index contributed by atoms with van der Waals surface area (Å²) in [6, 6.07) is 26.6. The number of sulfonamides is 1. The molecule has 4 aromatic carbocycles. The largest absolute Gasteiger partial charge is 0.501 e. The van der Waals surface area contributed by atoms with E-state index in [0.29, 0.717) is 44.0 Å². The normalized spacial score (nSPS) is 19.4. The van der Waals surface area contributed by atoms with Crippen LogP contribution in [0.25, 0.3) is 5.57 Å². The van der Waals surface area contributed by atoms with Gasteiger partial charge in [0.1, 0.15) is 4.90 Å². The second-order valence-electron chi connectivity index (χ2n) is 17.7. The Morgan fingerprint density at radius 3 is 2.24 bits per heavy atom. The molecular weight excluding hydrogens is 943 g/mol. The number of carbonyl (C=O) groups excluding carboxylic acids is 1. The predicted octanol–water partition coefficient (Wildman–Crippen LogP) is 9.51. The summed E-state index contributed by atoms with van der Waals surface area (Å²) in [5, 5.41) is 3.79. The first-order valence-corrected chi connectivity index (χ1v) is 27.3. The van der Waals surface area contributed by atoms with Crippen LogP contribution >= 0.6 is 23.4 Å². The summed E-state index contributed by atoms with van der Waals surface area (Å²) in [5.41, 5.74) is -1.16. The van der Waals surface area contributed by atoms with Gasteiger partial charge < -0.3 is 15.0 Å². The van der Waals surface area contributed by atoms with Crippen LogP contribution in [0.2, 0.25) is 5.02 Å². The Kier molecular flexibility index (Phi) is 16.0. The number of thioether (sulfide) groups is 1. The molecule has 2 atom stereocenters. The van der Waals surface area contributed by atoms with Gasteiger partial charge in [-0.15, -0.1) is 11.8 Å². The van der Waals surface area contributed by atoms with Crippen molar-refractivity contribution in [2.45, 2.75) is 96.1 Å². The van der Waals surface area contributed by atoms with Gasteiger partial charge in [-0.05, 0) is 136 Å². The number of amides is 1. The van der Waals surface area contributed by atoms with Gasteiger partial charge in [0.05, 0.1) is 17.2 Å². The molecular formula is C49H57ClF3N5O6S3. The smallest absolute Gasteiger partial charge is 0.380 e. The van der Waals surface area contributed by atoms with Crippen LogP contribution in [0.5, 0.6) is 0 Å². The lowest BCUT2D eigenvalue weighted by Gasteiger charge is -2.37. The van der Waals surface area contributed by atoms with Crippen molar-refractivity contribution in [1.82, 2.24) is 14.5 Å². The van der Waals surface area contributed by atoms with E-state index in [9.17, 15) is 34.8 Å². The topological polar surface area (TPSA) is 128 Å². The summed E-state index contributed by atoms with van der Waals surface area (Å²) in [7, 11) is -10.9. The van der Waals surface area contributed by atoms with E-state index in [4.69, 9.17) is 16.3 Å². The lowest BCUT2D eigenvalue weighted by molar-refractivity contribution is -0.0435. The van der Waals surface area contributed by atoms with Crippen molar-refractivity contribution in [3.63, 3.8) is 0 Å². The molecule has 1 unspecified atom stereocenters. The van der Waals surface area contributed by atoms with Gasteiger partial charge in [-0.2, -0.15) is 13.2 Å². The third kappa shape index (κ3) is 12.6. The van der Waals surface area contributed by atoms with Crippen LogP contribution in [0.3, 0.4) is 0 Å². The Bertz CT molecular complexity index is 2590. The first-order valence-electron chi connectivity index (χ1n) is 23.0. The Labute approximate surface area is 401 Å². The molecule has 18 heteroatoms. The maximum Gasteiger partial charge on any atom is 0.501 e. The van der Waals surface area contributed by atoms with E-state index in [-0.39, 0.29) is 17.3 Å². The highest BCUT2D eigenvalue weighted by Gasteiger charge is 2.48. The zero-order chi connectivity index (χ0) is 47.2. The molecule has 2 aliphatic carbocycles. The van der Waals surface area contributed by atoms with Crippen molar-refractivity contribution in [1.29, 1.82) is 0 Å². The average Bonchev–Trinajstić information content (AvgIpc) is 4.17. The third-order valence-electron chi connectivity index (χ3n) is 13.1. The van der Waals surface area contributed by atoms with E-state index in [1.165, 1.54) is 53.4 Å². The minimum Gasteiger partial charge on any atom is -0.380 e. The number of hydrogen-bond acceptors (Lipinski definition) is 11. The molecule has 2 saturated heterocycles. The summed E-state index contributed by atoms with van der Waals surface area (Å²) in [4.78, 5) is 19.3. The molecule has 1 saturated carbocycles. The average molecular weight is 1000 g/mol. The molecule has 11 nitrogen and oxygen atoms in total. The summed E-state index contributed by atoms with van der Waals surface area (Å²) >= 11 is 7.63. The molecule has 4 aromatic rings. The van der Waals surface area contributed by atoms with Gasteiger partial charge in [0, 0.05) is 90.9 Å². The Morgan fingerprint density at radius 2 is 1.57 bits per heavy atom. The summed E-state index contributed by atoms with van der Waals surface area (Å²) in [5.74, 6) is -0.636. The molecule has 0 radical (unpaired) electrons. The van der Waals surface area contributed by atoms with Crippen molar-refractivity contribution in [2.75, 3.05) is 68.5 Å². The van der Waals surface area contributed by atoms with Gasteiger partial charge in [-0.1, -0.05) is 47.5 Å².